The predicted octanol–water partition coefficient (Wildman–Crippen LogP) is 1.68. The number of hydrogen-bond acceptors (Lipinski definition) is 2. The van der Waals surface area contributed by atoms with E-state index < -0.39 is 46.8 Å². The number of halogens is 4. The lowest BCUT2D eigenvalue weighted by atomic mass is 10.0. The van der Waals surface area contributed by atoms with Crippen LogP contribution in [-0.4, -0.2) is 17.4 Å². The highest BCUT2D eigenvalue weighted by Crippen LogP contribution is 2.23. The van der Waals surface area contributed by atoms with Gasteiger partial charge in [0.2, 0.25) is 0 Å². The Labute approximate surface area is 86.3 Å². The Morgan fingerprint density at radius 3 is 2.00 bits per heavy atom. The fourth-order valence-electron chi connectivity index (χ4n) is 1.14. The number of carbonyl (C=O) groups is 2. The van der Waals surface area contributed by atoms with Crippen LogP contribution in [0.1, 0.15) is 15.9 Å². The molecule has 0 spiro atoms. The SMILES string of the molecule is O=Cc1c(F)c(F)c(F)c(F)c1CC(=O)O. The first-order valence-electron chi connectivity index (χ1n) is 3.92. The van der Waals surface area contributed by atoms with Gasteiger partial charge in [-0.3, -0.25) is 9.59 Å². The molecule has 1 N–H and O–H groups in total. The van der Waals surface area contributed by atoms with Gasteiger partial charge < -0.3 is 5.11 Å². The van der Waals surface area contributed by atoms with Gasteiger partial charge in [-0.2, -0.15) is 0 Å². The first kappa shape index (κ1) is 12.2. The molecule has 86 valence electrons. The molecule has 0 fully saturated rings. The summed E-state index contributed by atoms with van der Waals surface area (Å²) in [6, 6.07) is 0. The number of benzene rings is 1. The van der Waals surface area contributed by atoms with E-state index in [1.54, 1.807) is 0 Å². The second-order valence-electron chi connectivity index (χ2n) is 2.84. The molecule has 0 aliphatic carbocycles. The second-order valence-corrected chi connectivity index (χ2v) is 2.84. The maximum absolute atomic E-state index is 13.0. The van der Waals surface area contributed by atoms with Gasteiger partial charge in [0.15, 0.2) is 29.6 Å². The van der Waals surface area contributed by atoms with E-state index in [0.29, 0.717) is 0 Å². The molecule has 1 aromatic carbocycles. The van der Waals surface area contributed by atoms with E-state index >= 15 is 0 Å². The van der Waals surface area contributed by atoms with E-state index in [9.17, 15) is 27.2 Å². The zero-order valence-corrected chi connectivity index (χ0v) is 7.56. The molecular formula is C9H4F4O3. The summed E-state index contributed by atoms with van der Waals surface area (Å²) in [6.07, 6.45) is -1.38. The normalized spacial score (nSPS) is 10.2. The molecule has 0 aromatic heterocycles. The molecule has 3 nitrogen and oxygen atoms in total. The van der Waals surface area contributed by atoms with Crippen LogP contribution in [0.2, 0.25) is 0 Å². The Morgan fingerprint density at radius 2 is 1.56 bits per heavy atom. The fraction of sp³-hybridized carbons (Fsp3) is 0.111. The highest BCUT2D eigenvalue weighted by Gasteiger charge is 2.25. The second kappa shape index (κ2) is 4.30. The standard InChI is InChI=1S/C9H4F4O3/c10-6-3(1-5(15)16)4(2-14)7(11)9(13)8(6)12/h2H,1H2,(H,15,16). The van der Waals surface area contributed by atoms with Crippen LogP contribution in [0.25, 0.3) is 0 Å². The van der Waals surface area contributed by atoms with Gasteiger partial charge in [-0.1, -0.05) is 0 Å². The fourth-order valence-corrected chi connectivity index (χ4v) is 1.14. The third-order valence-corrected chi connectivity index (χ3v) is 1.85. The molecular weight excluding hydrogens is 232 g/mol. The predicted molar refractivity (Wildman–Crippen MR) is 43.0 cm³/mol. The molecule has 0 amide bonds. The van der Waals surface area contributed by atoms with Crippen molar-refractivity contribution in [2.45, 2.75) is 6.42 Å². The Morgan fingerprint density at radius 1 is 1.06 bits per heavy atom. The van der Waals surface area contributed by atoms with Crippen molar-refractivity contribution < 1.29 is 32.3 Å². The van der Waals surface area contributed by atoms with Crippen LogP contribution in [0.15, 0.2) is 0 Å². The largest absolute Gasteiger partial charge is 0.481 e. The molecule has 16 heavy (non-hydrogen) atoms. The van der Waals surface area contributed by atoms with Gasteiger partial charge in [0.05, 0.1) is 12.0 Å². The summed E-state index contributed by atoms with van der Waals surface area (Å²) in [5, 5.41) is 8.34. The van der Waals surface area contributed by atoms with E-state index in [-0.39, 0.29) is 6.29 Å². The Kier molecular flexibility index (Phi) is 3.26. The van der Waals surface area contributed by atoms with Crippen molar-refractivity contribution >= 4 is 12.3 Å². The Bertz CT molecular complexity index is 471. The molecule has 0 bridgehead atoms. The number of aldehydes is 1. The molecule has 0 aliphatic heterocycles. The molecule has 1 aromatic rings. The Balaban J connectivity index is 3.57. The highest BCUT2D eigenvalue weighted by molar-refractivity contribution is 5.81. The molecule has 1 rings (SSSR count). The van der Waals surface area contributed by atoms with Crippen molar-refractivity contribution in [1.82, 2.24) is 0 Å². The van der Waals surface area contributed by atoms with Crippen molar-refractivity contribution in [2.75, 3.05) is 0 Å². The van der Waals surface area contributed by atoms with Crippen LogP contribution in [0.5, 0.6) is 0 Å². The lowest BCUT2D eigenvalue weighted by molar-refractivity contribution is -0.136. The average Bonchev–Trinajstić information content (AvgIpc) is 2.23. The summed E-state index contributed by atoms with van der Waals surface area (Å²) in [4.78, 5) is 20.6. The smallest absolute Gasteiger partial charge is 0.307 e. The van der Waals surface area contributed by atoms with E-state index in [2.05, 4.69) is 0 Å². The number of aliphatic carboxylic acids is 1. The van der Waals surface area contributed by atoms with Crippen molar-refractivity contribution in [3.05, 3.63) is 34.4 Å². The first-order chi connectivity index (χ1) is 7.40. The zero-order valence-electron chi connectivity index (χ0n) is 7.56. The minimum absolute atomic E-state index is 0.265. The number of carbonyl (C=O) groups excluding carboxylic acids is 1. The van der Waals surface area contributed by atoms with Gasteiger partial charge in [0.25, 0.3) is 0 Å². The van der Waals surface area contributed by atoms with Gasteiger partial charge in [-0.15, -0.1) is 0 Å². The van der Waals surface area contributed by atoms with Gasteiger partial charge >= 0.3 is 5.97 Å². The van der Waals surface area contributed by atoms with E-state index in [1.807, 2.05) is 0 Å². The topological polar surface area (TPSA) is 54.4 Å². The minimum Gasteiger partial charge on any atom is -0.481 e. The minimum atomic E-state index is -2.14. The van der Waals surface area contributed by atoms with E-state index in [1.165, 1.54) is 0 Å². The van der Waals surface area contributed by atoms with Crippen LogP contribution in [0.4, 0.5) is 17.6 Å². The summed E-state index contributed by atoms with van der Waals surface area (Å²) in [5.74, 6) is -9.66. The summed E-state index contributed by atoms with van der Waals surface area (Å²) in [5.41, 5.74) is -2.14. The van der Waals surface area contributed by atoms with Crippen LogP contribution >= 0.6 is 0 Å². The third-order valence-electron chi connectivity index (χ3n) is 1.85. The highest BCUT2D eigenvalue weighted by atomic mass is 19.2. The molecule has 0 atom stereocenters. The van der Waals surface area contributed by atoms with Crippen LogP contribution in [0.3, 0.4) is 0 Å². The van der Waals surface area contributed by atoms with Gasteiger partial charge in [-0.25, -0.2) is 17.6 Å². The van der Waals surface area contributed by atoms with E-state index in [0.717, 1.165) is 0 Å². The molecule has 7 heteroatoms. The summed E-state index contributed by atoms with van der Waals surface area (Å²) in [6.45, 7) is 0. The molecule has 0 saturated heterocycles. The van der Waals surface area contributed by atoms with Crippen LogP contribution in [0, 0.1) is 23.3 Å². The van der Waals surface area contributed by atoms with Crippen molar-refractivity contribution in [1.29, 1.82) is 0 Å². The van der Waals surface area contributed by atoms with Crippen molar-refractivity contribution in [3.63, 3.8) is 0 Å². The number of carboxylic acids is 1. The lowest BCUT2D eigenvalue weighted by Crippen LogP contribution is -2.12. The van der Waals surface area contributed by atoms with Gasteiger partial charge in [0, 0.05) is 5.56 Å². The third kappa shape index (κ3) is 1.88. The van der Waals surface area contributed by atoms with E-state index in [4.69, 9.17) is 5.11 Å². The maximum atomic E-state index is 13.0. The number of carboxylic acid groups (broad SMARTS) is 1. The Hall–Kier alpha value is -1.92. The van der Waals surface area contributed by atoms with Crippen LogP contribution in [-0.2, 0) is 11.2 Å². The molecule has 0 heterocycles. The molecule has 0 radical (unpaired) electrons. The van der Waals surface area contributed by atoms with Crippen LogP contribution < -0.4 is 0 Å². The quantitative estimate of drug-likeness (QED) is 0.376. The number of rotatable bonds is 3. The zero-order chi connectivity index (χ0) is 12.5. The van der Waals surface area contributed by atoms with Crippen molar-refractivity contribution in [3.8, 4) is 0 Å². The first-order valence-corrected chi connectivity index (χ1v) is 3.92. The maximum Gasteiger partial charge on any atom is 0.307 e. The van der Waals surface area contributed by atoms with Crippen molar-refractivity contribution in [2.24, 2.45) is 0 Å². The number of hydrogen-bond donors (Lipinski definition) is 1. The monoisotopic (exact) mass is 236 g/mol. The summed E-state index contributed by atoms with van der Waals surface area (Å²) < 4.78 is 51.4. The van der Waals surface area contributed by atoms with Gasteiger partial charge in [-0.05, 0) is 0 Å². The molecule has 0 aliphatic rings. The summed E-state index contributed by atoms with van der Waals surface area (Å²) >= 11 is 0. The lowest BCUT2D eigenvalue weighted by Gasteiger charge is -2.07. The summed E-state index contributed by atoms with van der Waals surface area (Å²) in [7, 11) is 0. The average molecular weight is 236 g/mol. The van der Waals surface area contributed by atoms with Gasteiger partial charge in [0.1, 0.15) is 0 Å². The molecule has 0 unspecified atom stereocenters. The molecule has 0 saturated carbocycles.